The van der Waals surface area contributed by atoms with Gasteiger partial charge in [0.15, 0.2) is 5.25 Å². The van der Waals surface area contributed by atoms with Crippen molar-refractivity contribution in [3.63, 3.8) is 0 Å². The number of hydrogen-bond acceptors (Lipinski definition) is 3. The normalized spacial score (nSPS) is 20.0. The van der Waals surface area contributed by atoms with E-state index < -0.39 is 11.0 Å². The summed E-state index contributed by atoms with van der Waals surface area (Å²) < 4.78 is 0. The standard InChI is InChI=1S/C15H12O3S/c16-13(10-6-2-1-3-7-10)14-15(17,18)11-8-4-5-9-12(11)19-14/h1-9,14,17-18H/p+1. The lowest BCUT2D eigenvalue weighted by Crippen LogP contribution is -2.39. The first-order valence-electron chi connectivity index (χ1n) is 5.93. The Labute approximate surface area is 114 Å². The first-order chi connectivity index (χ1) is 9.10. The van der Waals surface area contributed by atoms with E-state index in [1.807, 2.05) is 18.2 Å². The zero-order chi connectivity index (χ0) is 13.5. The van der Waals surface area contributed by atoms with Gasteiger partial charge in [-0.15, -0.1) is 11.8 Å². The third kappa shape index (κ3) is 1.98. The summed E-state index contributed by atoms with van der Waals surface area (Å²) >= 11 is 1.26. The number of hydrogen-bond donors (Lipinski definition) is 2. The Hall–Kier alpha value is -1.62. The fourth-order valence-electron chi connectivity index (χ4n) is 2.23. The van der Waals surface area contributed by atoms with Crippen LogP contribution in [0, 0.1) is 0 Å². The van der Waals surface area contributed by atoms with Crippen LogP contribution in [0.25, 0.3) is 0 Å². The summed E-state index contributed by atoms with van der Waals surface area (Å²) in [5, 5.41) is 19.8. The van der Waals surface area contributed by atoms with Crippen molar-refractivity contribution in [1.29, 1.82) is 0 Å². The molecule has 1 aliphatic heterocycles. The quantitative estimate of drug-likeness (QED) is 0.499. The predicted octanol–water partition coefficient (Wildman–Crippen LogP) is 1.89. The van der Waals surface area contributed by atoms with E-state index in [0.717, 1.165) is 4.90 Å². The largest absolute Gasteiger partial charge is 0.360 e. The maximum absolute atomic E-state index is 10.3. The molecule has 1 unspecified atom stereocenters. The van der Waals surface area contributed by atoms with Crippen molar-refractivity contribution < 1.29 is 15.0 Å². The number of fused-ring (bicyclic) bond motifs is 1. The van der Waals surface area contributed by atoms with E-state index >= 15 is 0 Å². The van der Waals surface area contributed by atoms with Crippen LogP contribution in [0.2, 0.25) is 0 Å². The van der Waals surface area contributed by atoms with Gasteiger partial charge in [-0.05, 0) is 18.2 Å². The molecule has 0 radical (unpaired) electrons. The zero-order valence-corrected chi connectivity index (χ0v) is 10.8. The van der Waals surface area contributed by atoms with Crippen LogP contribution in [0.5, 0.6) is 0 Å². The van der Waals surface area contributed by atoms with E-state index in [9.17, 15) is 15.0 Å². The van der Waals surface area contributed by atoms with Gasteiger partial charge in [0.25, 0.3) is 0 Å². The molecule has 0 bridgehead atoms. The van der Waals surface area contributed by atoms with Crippen LogP contribution >= 0.6 is 11.8 Å². The molecule has 3 nitrogen and oxygen atoms in total. The highest BCUT2D eigenvalue weighted by Gasteiger charge is 2.52. The van der Waals surface area contributed by atoms with Crippen molar-refractivity contribution >= 4 is 17.5 Å². The number of ketones is 1. The highest BCUT2D eigenvalue weighted by atomic mass is 32.2. The molecule has 4 heteroatoms. The van der Waals surface area contributed by atoms with E-state index in [1.165, 1.54) is 11.8 Å². The van der Waals surface area contributed by atoms with Gasteiger partial charge in [-0.1, -0.05) is 36.4 Å². The lowest BCUT2D eigenvalue weighted by atomic mass is 9.97. The summed E-state index contributed by atoms with van der Waals surface area (Å²) in [4.78, 5) is 11.1. The van der Waals surface area contributed by atoms with Crippen molar-refractivity contribution in [3.8, 4) is 0 Å². The molecule has 96 valence electrons. The Morgan fingerprint density at radius 2 is 1.63 bits per heavy atom. The van der Waals surface area contributed by atoms with E-state index in [2.05, 4.69) is 0 Å². The van der Waals surface area contributed by atoms with Gasteiger partial charge in [-0.25, -0.2) is 0 Å². The van der Waals surface area contributed by atoms with Gasteiger partial charge >= 0.3 is 5.78 Å². The van der Waals surface area contributed by atoms with Crippen LogP contribution < -0.4 is 0 Å². The number of rotatable bonds is 2. The molecular weight excluding hydrogens is 260 g/mol. The molecule has 2 aromatic rings. The smallest absolute Gasteiger partial charge is 0.342 e. The molecule has 2 aromatic carbocycles. The Morgan fingerprint density at radius 1 is 1.00 bits per heavy atom. The molecule has 0 spiro atoms. The molecule has 1 atom stereocenters. The Bertz CT molecular complexity index is 622. The van der Waals surface area contributed by atoms with E-state index in [1.54, 1.807) is 36.4 Å². The molecule has 3 rings (SSSR count). The van der Waals surface area contributed by atoms with Crippen LogP contribution in [-0.2, 0) is 5.79 Å². The Kier molecular flexibility index (Phi) is 2.93. The first-order valence-corrected chi connectivity index (χ1v) is 6.81. The number of benzene rings is 2. The molecule has 0 saturated carbocycles. The molecule has 3 N–H and O–H groups in total. The maximum atomic E-state index is 10.3. The lowest BCUT2D eigenvalue weighted by Gasteiger charge is -2.20. The van der Waals surface area contributed by atoms with E-state index in [-0.39, 0.29) is 5.78 Å². The topological polar surface area (TPSA) is 61.9 Å². The fourth-order valence-corrected chi connectivity index (χ4v) is 3.53. The highest BCUT2D eigenvalue weighted by Crippen LogP contribution is 2.47. The van der Waals surface area contributed by atoms with Gasteiger partial charge in [-0.3, -0.25) is 4.79 Å². The minimum Gasteiger partial charge on any atom is -0.360 e. The second kappa shape index (κ2) is 4.49. The zero-order valence-electron chi connectivity index (χ0n) is 10.0. The van der Waals surface area contributed by atoms with E-state index in [4.69, 9.17) is 0 Å². The van der Waals surface area contributed by atoms with Crippen molar-refractivity contribution in [2.24, 2.45) is 0 Å². The molecule has 0 amide bonds. The molecule has 0 aromatic heterocycles. The van der Waals surface area contributed by atoms with Crippen molar-refractivity contribution in [3.05, 3.63) is 65.7 Å². The number of aliphatic hydroxyl groups is 2. The molecule has 0 fully saturated rings. The molecule has 19 heavy (non-hydrogen) atoms. The average molecular weight is 273 g/mol. The fraction of sp³-hybridized carbons (Fsp3) is 0.133. The molecule has 0 aliphatic carbocycles. The summed E-state index contributed by atoms with van der Waals surface area (Å²) in [6, 6.07) is 16.0. The minimum atomic E-state index is -2.05. The summed E-state index contributed by atoms with van der Waals surface area (Å²) in [5.41, 5.74) is 1.03. The SMILES string of the molecule is OC1(O)c2ccccc2SC1C(=[OH+])c1ccccc1. The van der Waals surface area contributed by atoms with Crippen LogP contribution in [0.3, 0.4) is 0 Å². The molecule has 1 heterocycles. The second-order valence-corrected chi connectivity index (χ2v) is 5.62. The van der Waals surface area contributed by atoms with E-state index in [0.29, 0.717) is 11.1 Å². The third-order valence-corrected chi connectivity index (χ3v) is 4.61. The van der Waals surface area contributed by atoms with Crippen molar-refractivity contribution in [2.45, 2.75) is 15.9 Å². The second-order valence-electron chi connectivity index (χ2n) is 4.47. The highest BCUT2D eigenvalue weighted by molar-refractivity contribution is 8.01. The number of thioether (sulfide) groups is 1. The average Bonchev–Trinajstić information content (AvgIpc) is 2.71. The van der Waals surface area contributed by atoms with Gasteiger partial charge < -0.3 is 10.2 Å². The van der Waals surface area contributed by atoms with Crippen LogP contribution in [0.1, 0.15) is 11.1 Å². The van der Waals surface area contributed by atoms with Gasteiger partial charge in [0.1, 0.15) is 0 Å². The van der Waals surface area contributed by atoms with Gasteiger partial charge in [0, 0.05) is 10.5 Å². The minimum absolute atomic E-state index is 0.0215. The Balaban J connectivity index is 1.99. The molecule has 0 saturated heterocycles. The summed E-state index contributed by atoms with van der Waals surface area (Å²) in [7, 11) is 0. The molecular formula is C15H13O3S+. The lowest BCUT2D eigenvalue weighted by molar-refractivity contribution is -0.157. The third-order valence-electron chi connectivity index (χ3n) is 3.21. The summed E-state index contributed by atoms with van der Waals surface area (Å²) in [5.74, 6) is -2.08. The summed E-state index contributed by atoms with van der Waals surface area (Å²) in [6.07, 6.45) is 0. The van der Waals surface area contributed by atoms with Crippen molar-refractivity contribution in [1.82, 2.24) is 0 Å². The van der Waals surface area contributed by atoms with Gasteiger partial charge in [0.05, 0.1) is 5.56 Å². The van der Waals surface area contributed by atoms with Crippen LogP contribution in [-0.4, -0.2) is 26.0 Å². The summed E-state index contributed by atoms with van der Waals surface area (Å²) in [6.45, 7) is 0. The first kappa shape index (κ1) is 12.4. The molecule has 1 aliphatic rings. The Morgan fingerprint density at radius 3 is 2.32 bits per heavy atom. The monoisotopic (exact) mass is 273 g/mol. The maximum Gasteiger partial charge on any atom is 0.342 e. The van der Waals surface area contributed by atoms with Gasteiger partial charge in [0.2, 0.25) is 5.79 Å². The number of carbonyl (C=O) groups excluding carboxylic acids is 1. The van der Waals surface area contributed by atoms with Crippen LogP contribution in [0.15, 0.2) is 59.5 Å². The predicted molar refractivity (Wildman–Crippen MR) is 74.7 cm³/mol. The van der Waals surface area contributed by atoms with Crippen molar-refractivity contribution in [2.75, 3.05) is 0 Å². The van der Waals surface area contributed by atoms with Crippen LogP contribution in [0.4, 0.5) is 0 Å². The van der Waals surface area contributed by atoms with Gasteiger partial charge in [-0.2, -0.15) is 0 Å².